The van der Waals surface area contributed by atoms with Crippen LogP contribution in [-0.4, -0.2) is 36.6 Å². The fourth-order valence-electron chi connectivity index (χ4n) is 2.92. The highest BCUT2D eigenvalue weighted by atomic mass is 35.5. The standard InChI is InChI=1S/C17H19Cl2N3O.ClH/c1-23-17-9-14(18)13(8-15(17)19)11-22-7-6-21-10-16(22)12-2-4-20-5-3-12;/h2-5,8-9,16,21H,6-7,10-11H2,1H3;1H. The number of hydrogen-bond acceptors (Lipinski definition) is 4. The van der Waals surface area contributed by atoms with Crippen molar-refractivity contribution in [1.29, 1.82) is 0 Å². The molecule has 7 heteroatoms. The molecule has 3 rings (SSSR count). The van der Waals surface area contributed by atoms with Gasteiger partial charge in [0.25, 0.3) is 0 Å². The molecule has 1 aliphatic heterocycles. The zero-order chi connectivity index (χ0) is 16.2. The van der Waals surface area contributed by atoms with Gasteiger partial charge in [0.05, 0.1) is 12.1 Å². The average Bonchev–Trinajstić information content (AvgIpc) is 2.59. The summed E-state index contributed by atoms with van der Waals surface area (Å²) in [5.74, 6) is 0.603. The number of piperazine rings is 1. The monoisotopic (exact) mass is 387 g/mol. The number of methoxy groups -OCH3 is 1. The van der Waals surface area contributed by atoms with Crippen LogP contribution >= 0.6 is 35.6 Å². The molecule has 24 heavy (non-hydrogen) atoms. The third-order valence-corrected chi connectivity index (χ3v) is 4.79. The van der Waals surface area contributed by atoms with Gasteiger partial charge in [-0.25, -0.2) is 0 Å². The molecular formula is C17H20Cl3N3O. The van der Waals surface area contributed by atoms with E-state index in [0.717, 1.165) is 31.7 Å². The molecule has 1 saturated heterocycles. The number of benzene rings is 1. The molecule has 2 aromatic rings. The third-order valence-electron chi connectivity index (χ3n) is 4.14. The topological polar surface area (TPSA) is 37.4 Å². The molecule has 0 spiro atoms. The molecule has 1 atom stereocenters. The Labute approximate surface area is 158 Å². The van der Waals surface area contributed by atoms with Gasteiger partial charge in [-0.2, -0.15) is 0 Å². The Morgan fingerprint density at radius 1 is 1.25 bits per heavy atom. The van der Waals surface area contributed by atoms with E-state index in [1.807, 2.05) is 18.5 Å². The van der Waals surface area contributed by atoms with Crippen LogP contribution in [0.1, 0.15) is 17.2 Å². The van der Waals surface area contributed by atoms with Crippen molar-refractivity contribution in [3.63, 3.8) is 0 Å². The number of pyridine rings is 1. The second-order valence-corrected chi connectivity index (χ2v) is 6.36. The van der Waals surface area contributed by atoms with E-state index < -0.39 is 0 Å². The van der Waals surface area contributed by atoms with E-state index in [-0.39, 0.29) is 12.4 Å². The Kier molecular flexibility index (Phi) is 7.14. The van der Waals surface area contributed by atoms with E-state index in [1.54, 1.807) is 13.2 Å². The Bertz CT molecular complexity index is 670. The third kappa shape index (κ3) is 4.32. The van der Waals surface area contributed by atoms with Crippen molar-refractivity contribution < 1.29 is 4.74 Å². The average molecular weight is 389 g/mol. The molecule has 1 unspecified atom stereocenters. The second kappa shape index (κ2) is 8.88. The van der Waals surface area contributed by atoms with Crippen molar-refractivity contribution in [2.24, 2.45) is 0 Å². The maximum atomic E-state index is 6.40. The number of nitrogens with zero attached hydrogens (tertiary/aromatic N) is 2. The minimum Gasteiger partial charge on any atom is -0.495 e. The summed E-state index contributed by atoms with van der Waals surface area (Å²) in [7, 11) is 1.59. The van der Waals surface area contributed by atoms with Gasteiger partial charge >= 0.3 is 0 Å². The summed E-state index contributed by atoms with van der Waals surface area (Å²) < 4.78 is 5.21. The van der Waals surface area contributed by atoms with Gasteiger partial charge < -0.3 is 10.1 Å². The lowest BCUT2D eigenvalue weighted by Crippen LogP contribution is -2.45. The van der Waals surface area contributed by atoms with Crippen LogP contribution in [0.3, 0.4) is 0 Å². The molecule has 1 fully saturated rings. The molecular weight excluding hydrogens is 369 g/mol. The van der Waals surface area contributed by atoms with E-state index in [1.165, 1.54) is 5.56 Å². The van der Waals surface area contributed by atoms with E-state index in [4.69, 9.17) is 27.9 Å². The maximum absolute atomic E-state index is 6.40. The van der Waals surface area contributed by atoms with Crippen LogP contribution in [-0.2, 0) is 6.54 Å². The van der Waals surface area contributed by atoms with Gasteiger partial charge in [-0.05, 0) is 29.3 Å². The summed E-state index contributed by atoms with van der Waals surface area (Å²) in [6, 6.07) is 8.10. The quantitative estimate of drug-likeness (QED) is 0.860. The van der Waals surface area contributed by atoms with Crippen molar-refractivity contribution in [2.75, 3.05) is 26.7 Å². The van der Waals surface area contributed by atoms with E-state index in [0.29, 0.717) is 21.8 Å². The molecule has 1 aromatic carbocycles. The van der Waals surface area contributed by atoms with Gasteiger partial charge in [-0.1, -0.05) is 23.2 Å². The maximum Gasteiger partial charge on any atom is 0.138 e. The Balaban J connectivity index is 0.00000208. The summed E-state index contributed by atoms with van der Waals surface area (Å²) in [4.78, 5) is 6.52. The summed E-state index contributed by atoms with van der Waals surface area (Å²) >= 11 is 12.7. The first kappa shape index (κ1) is 19.3. The van der Waals surface area contributed by atoms with Crippen LogP contribution in [0.25, 0.3) is 0 Å². The fourth-order valence-corrected chi connectivity index (χ4v) is 3.39. The lowest BCUT2D eigenvalue weighted by Gasteiger charge is -2.36. The number of ether oxygens (including phenoxy) is 1. The number of rotatable bonds is 4. The van der Waals surface area contributed by atoms with E-state index in [9.17, 15) is 0 Å². The highest BCUT2D eigenvalue weighted by Crippen LogP contribution is 2.33. The van der Waals surface area contributed by atoms with Crippen LogP contribution in [0.4, 0.5) is 0 Å². The molecule has 1 aromatic heterocycles. The van der Waals surface area contributed by atoms with E-state index in [2.05, 4.69) is 27.3 Å². The first-order valence-corrected chi connectivity index (χ1v) is 8.31. The molecule has 0 bridgehead atoms. The van der Waals surface area contributed by atoms with Gasteiger partial charge in [0.2, 0.25) is 0 Å². The zero-order valence-corrected chi connectivity index (χ0v) is 15.7. The van der Waals surface area contributed by atoms with Gasteiger partial charge in [-0.3, -0.25) is 9.88 Å². The zero-order valence-electron chi connectivity index (χ0n) is 13.3. The van der Waals surface area contributed by atoms with Crippen molar-refractivity contribution in [2.45, 2.75) is 12.6 Å². The van der Waals surface area contributed by atoms with Crippen LogP contribution < -0.4 is 10.1 Å². The summed E-state index contributed by atoms with van der Waals surface area (Å²) in [5.41, 5.74) is 2.27. The Morgan fingerprint density at radius 3 is 2.71 bits per heavy atom. The molecule has 0 aliphatic carbocycles. The minimum atomic E-state index is 0. The summed E-state index contributed by atoms with van der Waals surface area (Å²) in [6.45, 7) is 3.57. The SMILES string of the molecule is COc1cc(Cl)c(CN2CCNCC2c2ccncc2)cc1Cl.Cl. The molecule has 2 heterocycles. The number of hydrogen-bond donors (Lipinski definition) is 1. The molecule has 130 valence electrons. The molecule has 0 amide bonds. The van der Waals surface area contributed by atoms with Gasteiger partial charge in [0.1, 0.15) is 5.75 Å². The molecule has 1 aliphatic rings. The predicted octanol–water partition coefficient (Wildman–Crippen LogP) is 3.97. The van der Waals surface area contributed by atoms with Crippen LogP contribution in [0.5, 0.6) is 5.75 Å². The highest BCUT2D eigenvalue weighted by molar-refractivity contribution is 6.34. The normalized spacial score (nSPS) is 18.0. The smallest absolute Gasteiger partial charge is 0.138 e. The lowest BCUT2D eigenvalue weighted by atomic mass is 10.0. The summed E-state index contributed by atoms with van der Waals surface area (Å²) in [5, 5.41) is 4.72. The van der Waals surface area contributed by atoms with Crippen molar-refractivity contribution in [1.82, 2.24) is 15.2 Å². The van der Waals surface area contributed by atoms with Gasteiger partial charge in [-0.15, -0.1) is 12.4 Å². The first-order chi connectivity index (χ1) is 11.2. The lowest BCUT2D eigenvalue weighted by molar-refractivity contribution is 0.153. The van der Waals surface area contributed by atoms with E-state index >= 15 is 0 Å². The molecule has 1 N–H and O–H groups in total. The minimum absolute atomic E-state index is 0. The first-order valence-electron chi connectivity index (χ1n) is 7.55. The van der Waals surface area contributed by atoms with Gasteiger partial charge in [0.15, 0.2) is 0 Å². The van der Waals surface area contributed by atoms with Crippen molar-refractivity contribution >= 4 is 35.6 Å². The van der Waals surface area contributed by atoms with Crippen molar-refractivity contribution in [3.8, 4) is 5.75 Å². The van der Waals surface area contributed by atoms with Crippen molar-refractivity contribution in [3.05, 3.63) is 57.8 Å². The summed E-state index contributed by atoms with van der Waals surface area (Å²) in [6.07, 6.45) is 3.67. The molecule has 4 nitrogen and oxygen atoms in total. The highest BCUT2D eigenvalue weighted by Gasteiger charge is 2.24. The Morgan fingerprint density at radius 2 is 2.00 bits per heavy atom. The fraction of sp³-hybridized carbons (Fsp3) is 0.353. The number of aromatic nitrogens is 1. The number of nitrogens with one attached hydrogen (secondary N) is 1. The number of halogens is 3. The van der Waals surface area contributed by atoms with Gasteiger partial charge in [0, 0.05) is 55.7 Å². The van der Waals surface area contributed by atoms with Crippen LogP contribution in [0.15, 0.2) is 36.7 Å². The van der Waals surface area contributed by atoms with Crippen LogP contribution in [0, 0.1) is 0 Å². The van der Waals surface area contributed by atoms with Crippen LogP contribution in [0.2, 0.25) is 10.0 Å². The molecule has 0 radical (unpaired) electrons. The Hall–Kier alpha value is -1.04. The molecule has 0 saturated carbocycles. The second-order valence-electron chi connectivity index (χ2n) is 5.55. The largest absolute Gasteiger partial charge is 0.495 e. The predicted molar refractivity (Wildman–Crippen MR) is 101 cm³/mol.